The van der Waals surface area contributed by atoms with E-state index in [-0.39, 0.29) is 5.75 Å². The highest BCUT2D eigenvalue weighted by Crippen LogP contribution is 2.24. The Morgan fingerprint density at radius 1 is 0.921 bits per heavy atom. The standard InChI is InChI=1S/C23H24ClN3.C8H9NO2/c24-21-9-5-18(6-10-21)16-26-11-13-27(14-12-26)17-20-8-7-19(15-25)22-3-1-2-4-23(20)22;1-5-4-6(8(9)11)2-3-7(5)10/h1-10,15,25H,11-14,16-17H2;2-4,10H,1H3,(H2,9,11). The van der Waals surface area contributed by atoms with E-state index in [2.05, 4.69) is 58.3 Å². The number of nitrogens with two attached hydrogens (primary N) is 1. The van der Waals surface area contributed by atoms with E-state index < -0.39 is 5.91 Å². The SMILES string of the molecule is Cc1cc(C(N)=O)ccc1O.N=Cc1ccc(CN2CCN(Cc3ccc(Cl)cc3)CC2)c2ccccc12. The Balaban J connectivity index is 0.000000257. The third kappa shape index (κ3) is 6.98. The maximum absolute atomic E-state index is 10.6. The van der Waals surface area contributed by atoms with E-state index in [1.54, 1.807) is 13.0 Å². The Kier molecular flexibility index (Phi) is 9.13. The molecule has 4 N–H and O–H groups in total. The topological polar surface area (TPSA) is 93.7 Å². The molecule has 1 aliphatic rings. The second-order valence-electron chi connectivity index (χ2n) is 9.55. The number of carbonyl (C=O) groups is 1. The van der Waals surface area contributed by atoms with E-state index in [0.29, 0.717) is 11.1 Å². The highest BCUT2D eigenvalue weighted by molar-refractivity contribution is 6.30. The van der Waals surface area contributed by atoms with Gasteiger partial charge in [-0.05, 0) is 70.3 Å². The van der Waals surface area contributed by atoms with Crippen LogP contribution in [0.4, 0.5) is 0 Å². The van der Waals surface area contributed by atoms with E-state index in [9.17, 15) is 4.79 Å². The normalized spacial score (nSPS) is 14.1. The number of nitrogens with zero attached hydrogens (tertiary/aromatic N) is 2. The molecule has 0 bridgehead atoms. The van der Waals surface area contributed by atoms with Crippen LogP contribution in [0.5, 0.6) is 5.75 Å². The fourth-order valence-corrected chi connectivity index (χ4v) is 4.78. The van der Waals surface area contributed by atoms with Gasteiger partial charge in [-0.1, -0.05) is 60.1 Å². The van der Waals surface area contributed by atoms with Gasteiger partial charge in [0.25, 0.3) is 0 Å². The lowest BCUT2D eigenvalue weighted by Gasteiger charge is -2.35. The molecule has 7 heteroatoms. The number of phenolic OH excluding ortho intramolecular Hbond substituents is 1. The van der Waals surface area contributed by atoms with E-state index in [1.807, 2.05) is 12.1 Å². The van der Waals surface area contributed by atoms with Crippen LogP contribution in [-0.4, -0.2) is 53.2 Å². The van der Waals surface area contributed by atoms with Crippen molar-refractivity contribution in [2.75, 3.05) is 26.2 Å². The molecule has 5 rings (SSSR count). The monoisotopic (exact) mass is 528 g/mol. The molecule has 1 fully saturated rings. The molecule has 4 aromatic rings. The van der Waals surface area contributed by atoms with Crippen molar-refractivity contribution in [3.05, 3.63) is 112 Å². The molecule has 4 aromatic carbocycles. The molecular formula is C31H33ClN4O2. The van der Waals surface area contributed by atoms with Crippen molar-refractivity contribution in [3.8, 4) is 5.75 Å². The number of nitrogens with one attached hydrogen (secondary N) is 1. The third-order valence-electron chi connectivity index (χ3n) is 6.86. The predicted molar refractivity (Wildman–Crippen MR) is 155 cm³/mol. The van der Waals surface area contributed by atoms with Gasteiger partial charge in [0.2, 0.25) is 5.91 Å². The number of phenols is 1. The maximum atomic E-state index is 10.6. The summed E-state index contributed by atoms with van der Waals surface area (Å²) in [7, 11) is 0. The minimum absolute atomic E-state index is 0.176. The third-order valence-corrected chi connectivity index (χ3v) is 7.12. The second-order valence-corrected chi connectivity index (χ2v) is 9.98. The zero-order chi connectivity index (χ0) is 27.1. The van der Waals surface area contributed by atoms with Crippen molar-refractivity contribution in [2.45, 2.75) is 20.0 Å². The van der Waals surface area contributed by atoms with Gasteiger partial charge in [0.05, 0.1) is 0 Å². The Hall–Kier alpha value is -3.71. The summed E-state index contributed by atoms with van der Waals surface area (Å²) in [4.78, 5) is 15.6. The molecule has 38 heavy (non-hydrogen) atoms. The minimum Gasteiger partial charge on any atom is -0.508 e. The van der Waals surface area contributed by atoms with Gasteiger partial charge in [0, 0.05) is 56.1 Å². The highest BCUT2D eigenvalue weighted by atomic mass is 35.5. The molecule has 6 nitrogen and oxygen atoms in total. The number of fused-ring (bicyclic) bond motifs is 1. The van der Waals surface area contributed by atoms with E-state index in [1.165, 1.54) is 40.2 Å². The quantitative estimate of drug-likeness (QED) is 0.284. The number of aryl methyl sites for hydroxylation is 1. The van der Waals surface area contributed by atoms with Crippen LogP contribution in [0.2, 0.25) is 5.02 Å². The summed E-state index contributed by atoms with van der Waals surface area (Å²) in [5.74, 6) is -0.303. The number of aromatic hydroxyl groups is 1. The van der Waals surface area contributed by atoms with Crippen molar-refractivity contribution in [3.63, 3.8) is 0 Å². The highest BCUT2D eigenvalue weighted by Gasteiger charge is 2.18. The van der Waals surface area contributed by atoms with E-state index in [4.69, 9.17) is 27.9 Å². The van der Waals surface area contributed by atoms with Gasteiger partial charge in [-0.3, -0.25) is 14.6 Å². The molecule has 1 aliphatic heterocycles. The zero-order valence-corrected chi connectivity index (χ0v) is 22.3. The fraction of sp³-hybridized carbons (Fsp3) is 0.226. The first-order valence-corrected chi connectivity index (χ1v) is 13.0. The number of carbonyl (C=O) groups excluding carboxylic acids is 1. The first-order valence-electron chi connectivity index (χ1n) is 12.6. The summed E-state index contributed by atoms with van der Waals surface area (Å²) in [5.41, 5.74) is 9.74. The molecule has 0 aromatic heterocycles. The number of halogens is 1. The zero-order valence-electron chi connectivity index (χ0n) is 21.5. The number of piperazine rings is 1. The largest absolute Gasteiger partial charge is 0.508 e. The van der Waals surface area contributed by atoms with Gasteiger partial charge < -0.3 is 16.2 Å². The van der Waals surface area contributed by atoms with Gasteiger partial charge in [0.1, 0.15) is 5.75 Å². The Morgan fingerprint density at radius 3 is 2.16 bits per heavy atom. The molecule has 0 spiro atoms. The van der Waals surface area contributed by atoms with Crippen LogP contribution in [0.1, 0.15) is 32.6 Å². The molecular weight excluding hydrogens is 496 g/mol. The van der Waals surface area contributed by atoms with Crippen LogP contribution < -0.4 is 5.73 Å². The van der Waals surface area contributed by atoms with E-state index >= 15 is 0 Å². The molecule has 1 saturated heterocycles. The minimum atomic E-state index is -0.479. The molecule has 1 amide bonds. The summed E-state index contributed by atoms with van der Waals surface area (Å²) < 4.78 is 0. The number of primary amides is 1. The first kappa shape index (κ1) is 27.3. The summed E-state index contributed by atoms with van der Waals surface area (Å²) in [5, 5.41) is 19.9. The van der Waals surface area contributed by atoms with Crippen LogP contribution in [0.25, 0.3) is 10.8 Å². The number of amides is 1. The second kappa shape index (κ2) is 12.7. The summed E-state index contributed by atoms with van der Waals surface area (Å²) in [6, 6.07) is 25.3. The Bertz CT molecular complexity index is 1410. The van der Waals surface area contributed by atoms with Gasteiger partial charge in [-0.25, -0.2) is 0 Å². The lowest BCUT2D eigenvalue weighted by molar-refractivity contribution is 0.1000. The summed E-state index contributed by atoms with van der Waals surface area (Å²) in [6.07, 6.45) is 1.45. The summed E-state index contributed by atoms with van der Waals surface area (Å²) in [6.45, 7) is 7.98. The molecule has 0 saturated carbocycles. The van der Waals surface area contributed by atoms with Crippen LogP contribution in [-0.2, 0) is 13.1 Å². The van der Waals surface area contributed by atoms with Crippen LogP contribution in [0, 0.1) is 12.3 Å². The molecule has 0 atom stereocenters. The van der Waals surface area contributed by atoms with Crippen LogP contribution >= 0.6 is 11.6 Å². The number of rotatable bonds is 6. The average molecular weight is 529 g/mol. The van der Waals surface area contributed by atoms with E-state index in [0.717, 1.165) is 49.9 Å². The lowest BCUT2D eigenvalue weighted by Crippen LogP contribution is -2.45. The lowest BCUT2D eigenvalue weighted by atomic mass is 9.99. The predicted octanol–water partition coefficient (Wildman–Crippen LogP) is 5.61. The van der Waals surface area contributed by atoms with Crippen molar-refractivity contribution in [1.29, 1.82) is 5.41 Å². The van der Waals surface area contributed by atoms with Crippen molar-refractivity contribution in [2.24, 2.45) is 5.73 Å². The van der Waals surface area contributed by atoms with Gasteiger partial charge in [-0.2, -0.15) is 0 Å². The van der Waals surface area contributed by atoms with Gasteiger partial charge >= 0.3 is 0 Å². The van der Waals surface area contributed by atoms with Crippen molar-refractivity contribution >= 4 is 34.5 Å². The van der Waals surface area contributed by atoms with Crippen molar-refractivity contribution < 1.29 is 9.90 Å². The molecule has 0 aliphatic carbocycles. The Morgan fingerprint density at radius 2 is 1.55 bits per heavy atom. The first-order chi connectivity index (χ1) is 18.3. The number of hydrogen-bond acceptors (Lipinski definition) is 5. The molecule has 196 valence electrons. The van der Waals surface area contributed by atoms with Gasteiger partial charge in [-0.15, -0.1) is 0 Å². The van der Waals surface area contributed by atoms with Gasteiger partial charge in [0.15, 0.2) is 0 Å². The molecule has 0 radical (unpaired) electrons. The van der Waals surface area contributed by atoms with Crippen molar-refractivity contribution in [1.82, 2.24) is 9.80 Å². The maximum Gasteiger partial charge on any atom is 0.248 e. The van der Waals surface area contributed by atoms with Crippen LogP contribution in [0.15, 0.2) is 78.9 Å². The molecule has 0 unspecified atom stereocenters. The number of hydrogen-bond donors (Lipinski definition) is 3. The smallest absolute Gasteiger partial charge is 0.248 e. The average Bonchev–Trinajstić information content (AvgIpc) is 2.93. The molecule has 1 heterocycles. The fourth-order valence-electron chi connectivity index (χ4n) is 4.65. The number of benzene rings is 4. The Labute approximate surface area is 228 Å². The summed E-state index contributed by atoms with van der Waals surface area (Å²) >= 11 is 5.98. The van der Waals surface area contributed by atoms with Crippen LogP contribution in [0.3, 0.4) is 0 Å².